The predicted molar refractivity (Wildman–Crippen MR) is 104 cm³/mol. The van der Waals surface area contributed by atoms with Gasteiger partial charge in [0, 0.05) is 0 Å². The van der Waals surface area contributed by atoms with Crippen LogP contribution in [0.2, 0.25) is 0 Å². The summed E-state index contributed by atoms with van der Waals surface area (Å²) in [6, 6.07) is 12.3. The Morgan fingerprint density at radius 1 is 1.26 bits per heavy atom. The van der Waals surface area contributed by atoms with Gasteiger partial charge in [0.15, 0.2) is 5.82 Å². The Hall–Kier alpha value is -3.26. The Balaban J connectivity index is 1.76. The van der Waals surface area contributed by atoms with Crippen LogP contribution in [0.1, 0.15) is 32.9 Å². The first-order valence-electron chi connectivity index (χ1n) is 8.17. The number of benzene rings is 2. The molecule has 0 bridgehead atoms. The third-order valence-electron chi connectivity index (χ3n) is 3.76. The number of rotatable bonds is 6. The predicted octanol–water partition coefficient (Wildman–Crippen LogP) is 3.72. The van der Waals surface area contributed by atoms with E-state index in [2.05, 4.69) is 21.4 Å². The highest BCUT2D eigenvalue weighted by Gasteiger charge is 2.07. The molecule has 0 aliphatic rings. The second-order valence-corrected chi connectivity index (χ2v) is 6.43. The zero-order valence-corrected chi connectivity index (χ0v) is 15.7. The number of nitrogens with one attached hydrogen (secondary N) is 1. The van der Waals surface area contributed by atoms with Gasteiger partial charge in [0.2, 0.25) is 4.77 Å². The van der Waals surface area contributed by atoms with Gasteiger partial charge in [-0.05, 0) is 67.0 Å². The van der Waals surface area contributed by atoms with E-state index in [1.54, 1.807) is 18.3 Å². The summed E-state index contributed by atoms with van der Waals surface area (Å²) in [5, 5.41) is 20.1. The van der Waals surface area contributed by atoms with Gasteiger partial charge in [-0.3, -0.25) is 0 Å². The first-order chi connectivity index (χ1) is 12.9. The number of carboxylic acid groups (broad SMARTS) is 1. The minimum absolute atomic E-state index is 0.200. The van der Waals surface area contributed by atoms with Crippen LogP contribution >= 0.6 is 12.2 Å². The fourth-order valence-electron chi connectivity index (χ4n) is 2.54. The van der Waals surface area contributed by atoms with Gasteiger partial charge in [-0.25, -0.2) is 9.89 Å². The molecule has 0 atom stereocenters. The Labute approximate surface area is 160 Å². The Kier molecular flexibility index (Phi) is 5.46. The zero-order chi connectivity index (χ0) is 19.4. The number of carbonyl (C=O) groups is 1. The summed E-state index contributed by atoms with van der Waals surface area (Å²) in [5.74, 6) is 0.306. The first kappa shape index (κ1) is 18.5. The quantitative estimate of drug-likeness (QED) is 0.501. The Morgan fingerprint density at radius 2 is 1.93 bits per heavy atom. The lowest BCUT2D eigenvalue weighted by Crippen LogP contribution is -2.04. The van der Waals surface area contributed by atoms with E-state index in [0.29, 0.717) is 10.6 Å². The number of aromatic nitrogens is 3. The number of aromatic carboxylic acids is 1. The van der Waals surface area contributed by atoms with E-state index in [0.717, 1.165) is 22.4 Å². The number of H-pyrrole nitrogens is 1. The minimum atomic E-state index is -0.971. The maximum atomic E-state index is 10.9. The largest absolute Gasteiger partial charge is 0.486 e. The summed E-state index contributed by atoms with van der Waals surface area (Å²) in [6.45, 7) is 4.22. The average Bonchev–Trinajstić information content (AvgIpc) is 2.97. The fraction of sp³-hybridized carbons (Fsp3) is 0.158. The third kappa shape index (κ3) is 4.68. The topological polar surface area (TPSA) is 92.5 Å². The SMILES string of the molecule is Cc1cc(C)cc(OCc2n[nH]c(=S)n2/N=C\c2ccc(C(=O)O)cc2)c1. The highest BCUT2D eigenvalue weighted by molar-refractivity contribution is 7.71. The summed E-state index contributed by atoms with van der Waals surface area (Å²) < 4.78 is 7.63. The molecule has 0 spiro atoms. The number of hydrogen-bond donors (Lipinski definition) is 2. The van der Waals surface area contributed by atoms with Crippen molar-refractivity contribution >= 4 is 24.4 Å². The van der Waals surface area contributed by atoms with Crippen molar-refractivity contribution in [3.05, 3.63) is 75.3 Å². The molecule has 3 aromatic rings. The monoisotopic (exact) mass is 382 g/mol. The van der Waals surface area contributed by atoms with Crippen molar-refractivity contribution in [3.8, 4) is 5.75 Å². The summed E-state index contributed by atoms with van der Waals surface area (Å²) in [4.78, 5) is 10.9. The molecule has 7 nitrogen and oxygen atoms in total. The Morgan fingerprint density at radius 3 is 2.56 bits per heavy atom. The average molecular weight is 382 g/mol. The van der Waals surface area contributed by atoms with Crippen molar-refractivity contribution in [1.82, 2.24) is 14.9 Å². The van der Waals surface area contributed by atoms with Crippen molar-refractivity contribution in [2.75, 3.05) is 0 Å². The second kappa shape index (κ2) is 7.96. The van der Waals surface area contributed by atoms with Crippen LogP contribution in [0, 0.1) is 18.6 Å². The van der Waals surface area contributed by atoms with Crippen LogP contribution < -0.4 is 4.74 Å². The van der Waals surface area contributed by atoms with Gasteiger partial charge in [-0.15, -0.1) is 0 Å². The summed E-state index contributed by atoms with van der Waals surface area (Å²) in [5.41, 5.74) is 3.19. The molecule has 0 fully saturated rings. The van der Waals surface area contributed by atoms with E-state index >= 15 is 0 Å². The molecule has 0 saturated heterocycles. The molecular formula is C19H18N4O3S. The van der Waals surface area contributed by atoms with Gasteiger partial charge in [0.25, 0.3) is 0 Å². The molecule has 1 aromatic heterocycles. The normalized spacial score (nSPS) is 11.0. The molecule has 2 N–H and O–H groups in total. The number of aromatic amines is 1. The summed E-state index contributed by atoms with van der Waals surface area (Å²) in [7, 11) is 0. The molecule has 0 saturated carbocycles. The van der Waals surface area contributed by atoms with Crippen LogP contribution in [0.5, 0.6) is 5.75 Å². The van der Waals surface area contributed by atoms with Gasteiger partial charge in [-0.2, -0.15) is 14.9 Å². The van der Waals surface area contributed by atoms with Crippen molar-refractivity contribution in [3.63, 3.8) is 0 Å². The maximum absolute atomic E-state index is 10.9. The molecule has 0 unspecified atom stereocenters. The molecule has 0 amide bonds. The van der Waals surface area contributed by atoms with E-state index in [9.17, 15) is 4.79 Å². The molecule has 2 aromatic carbocycles. The van der Waals surface area contributed by atoms with E-state index in [-0.39, 0.29) is 12.2 Å². The summed E-state index contributed by atoms with van der Waals surface area (Å²) >= 11 is 5.21. The first-order valence-corrected chi connectivity index (χ1v) is 8.58. The fourth-order valence-corrected chi connectivity index (χ4v) is 2.74. The van der Waals surface area contributed by atoms with Crippen LogP contribution in [-0.2, 0) is 6.61 Å². The van der Waals surface area contributed by atoms with E-state index in [1.807, 2.05) is 26.0 Å². The van der Waals surface area contributed by atoms with Crippen molar-refractivity contribution in [2.24, 2.45) is 5.10 Å². The van der Waals surface area contributed by atoms with Crippen molar-refractivity contribution < 1.29 is 14.6 Å². The smallest absolute Gasteiger partial charge is 0.335 e. The summed E-state index contributed by atoms with van der Waals surface area (Å²) in [6.07, 6.45) is 1.58. The number of nitrogens with zero attached hydrogens (tertiary/aromatic N) is 3. The van der Waals surface area contributed by atoms with Gasteiger partial charge in [0.05, 0.1) is 11.8 Å². The highest BCUT2D eigenvalue weighted by Crippen LogP contribution is 2.17. The lowest BCUT2D eigenvalue weighted by Gasteiger charge is -2.07. The van der Waals surface area contributed by atoms with Crippen LogP contribution in [0.4, 0.5) is 0 Å². The van der Waals surface area contributed by atoms with Crippen LogP contribution in [0.15, 0.2) is 47.6 Å². The van der Waals surface area contributed by atoms with Crippen molar-refractivity contribution in [2.45, 2.75) is 20.5 Å². The standard InChI is InChI=1S/C19H18N4O3S/c1-12-7-13(2)9-16(8-12)26-11-17-21-22-19(27)23(17)20-10-14-3-5-15(6-4-14)18(24)25/h3-10H,11H2,1-2H3,(H,22,27)(H,24,25)/b20-10-. The van der Waals surface area contributed by atoms with Crippen LogP contribution in [0.3, 0.4) is 0 Å². The maximum Gasteiger partial charge on any atom is 0.335 e. The highest BCUT2D eigenvalue weighted by atomic mass is 32.1. The molecule has 138 valence electrons. The van der Waals surface area contributed by atoms with Crippen LogP contribution in [-0.4, -0.2) is 32.2 Å². The molecule has 0 aliphatic heterocycles. The van der Waals surface area contributed by atoms with Crippen molar-refractivity contribution in [1.29, 1.82) is 0 Å². The second-order valence-electron chi connectivity index (χ2n) is 6.04. The van der Waals surface area contributed by atoms with Gasteiger partial charge in [0.1, 0.15) is 12.4 Å². The number of hydrogen-bond acceptors (Lipinski definition) is 5. The van der Waals surface area contributed by atoms with Gasteiger partial charge in [-0.1, -0.05) is 18.2 Å². The molecule has 27 heavy (non-hydrogen) atoms. The molecule has 8 heteroatoms. The van der Waals surface area contributed by atoms with E-state index < -0.39 is 5.97 Å². The third-order valence-corrected chi connectivity index (χ3v) is 4.02. The van der Waals surface area contributed by atoms with E-state index in [4.69, 9.17) is 22.1 Å². The van der Waals surface area contributed by atoms with Gasteiger partial charge < -0.3 is 9.84 Å². The van der Waals surface area contributed by atoms with Gasteiger partial charge >= 0.3 is 5.97 Å². The number of ether oxygens (including phenoxy) is 1. The number of aryl methyl sites for hydroxylation is 2. The molecular weight excluding hydrogens is 364 g/mol. The lowest BCUT2D eigenvalue weighted by atomic mass is 10.1. The zero-order valence-electron chi connectivity index (χ0n) is 14.8. The molecule has 0 aliphatic carbocycles. The minimum Gasteiger partial charge on any atom is -0.486 e. The Bertz CT molecular complexity index is 1030. The molecule has 0 radical (unpaired) electrons. The number of carboxylic acids is 1. The van der Waals surface area contributed by atoms with E-state index in [1.165, 1.54) is 16.8 Å². The molecule has 3 rings (SSSR count). The van der Waals surface area contributed by atoms with Crippen LogP contribution in [0.25, 0.3) is 0 Å². The lowest BCUT2D eigenvalue weighted by molar-refractivity contribution is 0.0697. The molecule has 1 heterocycles.